The molecule has 2 aliphatic heterocycles. The summed E-state index contributed by atoms with van der Waals surface area (Å²) in [5.74, 6) is 0.762. The molecule has 0 bridgehead atoms. The van der Waals surface area contributed by atoms with Crippen LogP contribution in [-0.2, 0) is 18.9 Å². The van der Waals surface area contributed by atoms with Gasteiger partial charge in [0.05, 0.1) is 31.5 Å². The lowest BCUT2D eigenvalue weighted by atomic mass is 9.47. The van der Waals surface area contributed by atoms with E-state index >= 15 is 0 Å². The molecule has 0 radical (unpaired) electrons. The zero-order valence-electron chi connectivity index (χ0n) is 26.9. The SMILES string of the molecule is C[C@H](O[C@@H]1O[C@H](CO)[C@@H](O)[C@H](O)[C@H]1O)[C@H]1[C@H](O)C[C@H]2[C@@H]3CC=C4C[C@@H](O[C@@H]5O[C@H](CO)[C@@H](O)[C@H](O)[C@H]5O)CC[C@]4(C)[C@H]3CC[C@]12C. The number of rotatable bonds is 7. The quantitative estimate of drug-likeness (QED) is 0.149. The fourth-order valence-electron chi connectivity index (χ4n) is 10.5. The molecule has 6 rings (SSSR count). The van der Waals surface area contributed by atoms with Crippen LogP contribution in [0, 0.1) is 34.5 Å². The second-order valence-corrected chi connectivity index (χ2v) is 15.4. The van der Waals surface area contributed by atoms with Crippen molar-refractivity contribution in [1.82, 2.24) is 0 Å². The van der Waals surface area contributed by atoms with Gasteiger partial charge in [-0.3, -0.25) is 0 Å². The lowest BCUT2D eigenvalue weighted by Crippen LogP contribution is -2.60. The van der Waals surface area contributed by atoms with E-state index in [1.54, 1.807) is 0 Å². The van der Waals surface area contributed by atoms with Crippen LogP contribution < -0.4 is 0 Å². The minimum absolute atomic E-state index is 0.0546. The molecule has 4 aliphatic carbocycles. The molecule has 3 saturated carbocycles. The van der Waals surface area contributed by atoms with E-state index in [4.69, 9.17) is 18.9 Å². The van der Waals surface area contributed by atoms with Crippen LogP contribution in [0.4, 0.5) is 0 Å². The van der Waals surface area contributed by atoms with Gasteiger partial charge in [0, 0.05) is 5.92 Å². The van der Waals surface area contributed by atoms with Gasteiger partial charge in [-0.25, -0.2) is 0 Å². The normalized spacial score (nSPS) is 54.7. The maximum absolute atomic E-state index is 11.5. The third kappa shape index (κ3) is 5.70. The van der Waals surface area contributed by atoms with Gasteiger partial charge in [0.15, 0.2) is 12.6 Å². The summed E-state index contributed by atoms with van der Waals surface area (Å²) in [6.45, 7) is 5.37. The van der Waals surface area contributed by atoms with Crippen LogP contribution in [0.1, 0.15) is 65.7 Å². The smallest absolute Gasteiger partial charge is 0.186 e. The molecule has 0 aromatic heterocycles. The predicted molar refractivity (Wildman–Crippen MR) is 160 cm³/mol. The fourth-order valence-corrected chi connectivity index (χ4v) is 10.5. The summed E-state index contributed by atoms with van der Waals surface area (Å²) in [5, 5.41) is 92.4. The Labute approximate surface area is 269 Å². The molecule has 46 heavy (non-hydrogen) atoms. The van der Waals surface area contributed by atoms with Gasteiger partial charge in [-0.05, 0) is 80.5 Å². The Balaban J connectivity index is 1.13. The molecule has 6 aliphatic rings. The van der Waals surface area contributed by atoms with Gasteiger partial charge in [-0.2, -0.15) is 0 Å². The molecule has 0 aromatic rings. The first-order chi connectivity index (χ1) is 21.7. The van der Waals surface area contributed by atoms with Crippen molar-refractivity contribution in [1.29, 1.82) is 0 Å². The first-order valence-electron chi connectivity index (χ1n) is 17.0. The van der Waals surface area contributed by atoms with E-state index in [0.29, 0.717) is 24.7 Å². The molecule has 2 heterocycles. The third-order valence-electron chi connectivity index (χ3n) is 13.0. The summed E-state index contributed by atoms with van der Waals surface area (Å²) in [6, 6.07) is 0. The average Bonchev–Trinajstić information content (AvgIpc) is 3.31. The maximum atomic E-state index is 11.5. The second-order valence-electron chi connectivity index (χ2n) is 15.4. The van der Waals surface area contributed by atoms with Crippen molar-refractivity contribution in [3.63, 3.8) is 0 Å². The monoisotopic (exact) mass is 658 g/mol. The first kappa shape index (κ1) is 35.1. The molecule has 9 N–H and O–H groups in total. The predicted octanol–water partition coefficient (Wildman–Crippen LogP) is -1.07. The minimum Gasteiger partial charge on any atom is -0.394 e. The lowest BCUT2D eigenvalue weighted by molar-refractivity contribution is -0.317. The Morgan fingerprint density at radius 1 is 0.804 bits per heavy atom. The van der Waals surface area contributed by atoms with Crippen molar-refractivity contribution in [2.75, 3.05) is 13.2 Å². The van der Waals surface area contributed by atoms with Gasteiger partial charge in [-0.1, -0.05) is 25.5 Å². The van der Waals surface area contributed by atoms with Crippen LogP contribution in [-0.4, -0.2) is 139 Å². The summed E-state index contributed by atoms with van der Waals surface area (Å²) < 4.78 is 23.5. The largest absolute Gasteiger partial charge is 0.394 e. The molecule has 13 nitrogen and oxygen atoms in total. The number of aliphatic hydroxyl groups is 9. The summed E-state index contributed by atoms with van der Waals surface area (Å²) in [6.07, 6.45) is -6.79. The second kappa shape index (κ2) is 13.2. The van der Waals surface area contributed by atoms with Crippen LogP contribution >= 0.6 is 0 Å². The molecule has 5 fully saturated rings. The standard InChI is InChI=1S/C33H54O13/c1-14(43-30-28(41)26(39)24(37)21(12-34)45-30)23-20(36)11-19-17-5-4-15-10-16(6-8-32(15,2)18(17)7-9-33(19,23)3)44-31-29(42)27(40)25(38)22(13-35)46-31/h4,14,16-31,34-42H,5-13H2,1-3H3/t14-,16-,17+,18-,19-,20+,21+,22+,23-,24+,25+,26-,27-,28+,29+,30+,31+,32-,33-/m0/s1. The summed E-state index contributed by atoms with van der Waals surface area (Å²) in [7, 11) is 0. The number of aliphatic hydroxyl groups excluding tert-OH is 9. The summed E-state index contributed by atoms with van der Waals surface area (Å²) in [4.78, 5) is 0. The molecular formula is C33H54O13. The van der Waals surface area contributed by atoms with E-state index in [0.717, 1.165) is 32.1 Å². The first-order valence-corrected chi connectivity index (χ1v) is 17.0. The zero-order chi connectivity index (χ0) is 33.3. The number of hydrogen-bond donors (Lipinski definition) is 9. The van der Waals surface area contributed by atoms with Crippen molar-refractivity contribution >= 4 is 0 Å². The number of ether oxygens (including phenoxy) is 4. The Bertz CT molecular complexity index is 1100. The Kier molecular flexibility index (Phi) is 10.0. The topological polar surface area (TPSA) is 219 Å². The Morgan fingerprint density at radius 2 is 1.41 bits per heavy atom. The van der Waals surface area contributed by atoms with Crippen LogP contribution in [0.5, 0.6) is 0 Å². The van der Waals surface area contributed by atoms with Gasteiger partial charge in [0.2, 0.25) is 0 Å². The molecule has 0 amide bonds. The van der Waals surface area contributed by atoms with Crippen LogP contribution in [0.2, 0.25) is 0 Å². The highest BCUT2D eigenvalue weighted by atomic mass is 16.7. The van der Waals surface area contributed by atoms with Crippen LogP contribution in [0.3, 0.4) is 0 Å². The van der Waals surface area contributed by atoms with Crippen LogP contribution in [0.25, 0.3) is 0 Å². The molecule has 2 saturated heterocycles. The molecule has 0 unspecified atom stereocenters. The van der Waals surface area contributed by atoms with Gasteiger partial charge < -0.3 is 64.9 Å². The van der Waals surface area contributed by atoms with Crippen molar-refractivity contribution in [2.24, 2.45) is 34.5 Å². The van der Waals surface area contributed by atoms with E-state index in [1.807, 2.05) is 6.92 Å². The highest BCUT2D eigenvalue weighted by Gasteiger charge is 2.62. The molecular weight excluding hydrogens is 604 g/mol. The van der Waals surface area contributed by atoms with Crippen molar-refractivity contribution in [3.8, 4) is 0 Å². The van der Waals surface area contributed by atoms with Crippen molar-refractivity contribution < 1.29 is 64.9 Å². The summed E-state index contributed by atoms with van der Waals surface area (Å²) in [5.41, 5.74) is 1.02. The minimum atomic E-state index is -1.53. The maximum Gasteiger partial charge on any atom is 0.186 e. The molecule has 19 atom stereocenters. The zero-order valence-corrected chi connectivity index (χ0v) is 26.9. The highest BCUT2D eigenvalue weighted by molar-refractivity contribution is 5.26. The molecule has 13 heteroatoms. The average molecular weight is 659 g/mol. The van der Waals surface area contributed by atoms with E-state index < -0.39 is 86.8 Å². The van der Waals surface area contributed by atoms with E-state index in [2.05, 4.69) is 19.9 Å². The lowest BCUT2D eigenvalue weighted by Gasteiger charge is -2.58. The summed E-state index contributed by atoms with van der Waals surface area (Å²) >= 11 is 0. The number of fused-ring (bicyclic) bond motifs is 5. The Hall–Kier alpha value is -0.780. The van der Waals surface area contributed by atoms with Crippen LogP contribution in [0.15, 0.2) is 11.6 Å². The van der Waals surface area contributed by atoms with E-state index in [-0.39, 0.29) is 28.8 Å². The van der Waals surface area contributed by atoms with Gasteiger partial charge in [0.25, 0.3) is 0 Å². The number of allylic oxidation sites excluding steroid dienone is 1. The highest BCUT2D eigenvalue weighted by Crippen LogP contribution is 2.67. The third-order valence-corrected chi connectivity index (χ3v) is 13.0. The molecule has 0 spiro atoms. The van der Waals surface area contributed by atoms with Crippen molar-refractivity contribution in [3.05, 3.63) is 11.6 Å². The van der Waals surface area contributed by atoms with E-state index in [9.17, 15) is 46.0 Å². The van der Waals surface area contributed by atoms with E-state index in [1.165, 1.54) is 5.57 Å². The van der Waals surface area contributed by atoms with Crippen molar-refractivity contribution in [2.45, 2.75) is 145 Å². The Morgan fingerprint density at radius 3 is 2.04 bits per heavy atom. The molecule has 264 valence electrons. The molecule has 0 aromatic carbocycles. The van der Waals surface area contributed by atoms with Gasteiger partial charge >= 0.3 is 0 Å². The van der Waals surface area contributed by atoms with Gasteiger partial charge in [-0.15, -0.1) is 0 Å². The fraction of sp³-hybridized carbons (Fsp3) is 0.939. The number of hydrogen-bond acceptors (Lipinski definition) is 13. The van der Waals surface area contributed by atoms with Gasteiger partial charge in [0.1, 0.15) is 48.8 Å².